The molecule has 0 fully saturated rings. The Kier molecular flexibility index (Phi) is 7.83. The molecule has 0 saturated carbocycles. The Morgan fingerprint density at radius 3 is 2.57 bits per heavy atom. The van der Waals surface area contributed by atoms with Crippen LogP contribution in [0.5, 0.6) is 0 Å². The van der Waals surface area contributed by atoms with Crippen LogP contribution in [0.15, 0.2) is 23.1 Å². The summed E-state index contributed by atoms with van der Waals surface area (Å²) in [5.41, 5.74) is 2.57. The SMILES string of the molecule is Cc1ccc(SCCC(=O)NC(CO)CC(C)C)cc1C. The largest absolute Gasteiger partial charge is 0.394 e. The summed E-state index contributed by atoms with van der Waals surface area (Å²) in [7, 11) is 0. The van der Waals surface area contributed by atoms with E-state index in [9.17, 15) is 9.90 Å². The molecule has 1 aromatic rings. The lowest BCUT2D eigenvalue weighted by atomic mass is 10.0. The molecular formula is C17H27NO2S. The van der Waals surface area contributed by atoms with Gasteiger partial charge in [-0.2, -0.15) is 0 Å². The van der Waals surface area contributed by atoms with Gasteiger partial charge < -0.3 is 10.4 Å². The maximum Gasteiger partial charge on any atom is 0.221 e. The number of aliphatic hydroxyl groups excluding tert-OH is 1. The summed E-state index contributed by atoms with van der Waals surface area (Å²) in [4.78, 5) is 13.1. The molecule has 0 bridgehead atoms. The molecule has 0 aromatic heterocycles. The van der Waals surface area contributed by atoms with Crippen molar-refractivity contribution in [1.29, 1.82) is 0 Å². The second-order valence-electron chi connectivity index (χ2n) is 5.92. The van der Waals surface area contributed by atoms with Crippen molar-refractivity contribution >= 4 is 17.7 Å². The molecule has 0 spiro atoms. The molecule has 0 aliphatic carbocycles. The van der Waals surface area contributed by atoms with Gasteiger partial charge in [-0.15, -0.1) is 11.8 Å². The van der Waals surface area contributed by atoms with Gasteiger partial charge in [0.15, 0.2) is 0 Å². The molecule has 0 aliphatic rings. The molecule has 21 heavy (non-hydrogen) atoms. The Balaban J connectivity index is 2.34. The van der Waals surface area contributed by atoms with Gasteiger partial charge in [-0.1, -0.05) is 19.9 Å². The third-order valence-corrected chi connectivity index (χ3v) is 4.41. The number of benzene rings is 1. The second-order valence-corrected chi connectivity index (χ2v) is 7.09. The quantitative estimate of drug-likeness (QED) is 0.724. The molecule has 1 atom stereocenters. The van der Waals surface area contributed by atoms with Crippen LogP contribution in [0.4, 0.5) is 0 Å². The fraction of sp³-hybridized carbons (Fsp3) is 0.588. The van der Waals surface area contributed by atoms with E-state index in [-0.39, 0.29) is 18.6 Å². The summed E-state index contributed by atoms with van der Waals surface area (Å²) in [5.74, 6) is 1.24. The Labute approximate surface area is 132 Å². The number of aryl methyl sites for hydroxylation is 2. The van der Waals surface area contributed by atoms with Crippen LogP contribution in [0.1, 0.15) is 37.8 Å². The standard InChI is InChI=1S/C17H27NO2S/c1-12(2)9-15(11-19)18-17(20)7-8-21-16-6-5-13(3)14(4)10-16/h5-6,10,12,15,19H,7-9,11H2,1-4H3,(H,18,20). The molecule has 0 heterocycles. The highest BCUT2D eigenvalue weighted by Crippen LogP contribution is 2.21. The normalized spacial score (nSPS) is 12.5. The number of aliphatic hydroxyl groups is 1. The zero-order valence-electron chi connectivity index (χ0n) is 13.5. The predicted octanol–water partition coefficient (Wildman–Crippen LogP) is 3.31. The van der Waals surface area contributed by atoms with Gasteiger partial charge in [0.25, 0.3) is 0 Å². The van der Waals surface area contributed by atoms with E-state index < -0.39 is 0 Å². The van der Waals surface area contributed by atoms with Crippen LogP contribution >= 0.6 is 11.8 Å². The van der Waals surface area contributed by atoms with E-state index in [1.54, 1.807) is 11.8 Å². The van der Waals surface area contributed by atoms with Crippen molar-refractivity contribution in [3.05, 3.63) is 29.3 Å². The topological polar surface area (TPSA) is 49.3 Å². The lowest BCUT2D eigenvalue weighted by Gasteiger charge is -2.18. The fourth-order valence-electron chi connectivity index (χ4n) is 2.11. The molecular weight excluding hydrogens is 282 g/mol. The van der Waals surface area contributed by atoms with Gasteiger partial charge in [0, 0.05) is 17.1 Å². The van der Waals surface area contributed by atoms with Gasteiger partial charge in [-0.25, -0.2) is 0 Å². The molecule has 0 radical (unpaired) electrons. The Morgan fingerprint density at radius 2 is 2.00 bits per heavy atom. The Morgan fingerprint density at radius 1 is 1.29 bits per heavy atom. The van der Waals surface area contributed by atoms with Crippen LogP contribution in [0.2, 0.25) is 0 Å². The lowest BCUT2D eigenvalue weighted by Crippen LogP contribution is -2.38. The van der Waals surface area contributed by atoms with E-state index in [2.05, 4.69) is 51.2 Å². The molecule has 1 aromatic carbocycles. The Bertz CT molecular complexity index is 460. The smallest absolute Gasteiger partial charge is 0.221 e. The van der Waals surface area contributed by atoms with Crippen molar-refractivity contribution in [2.45, 2.75) is 51.5 Å². The Hall–Kier alpha value is -1.00. The van der Waals surface area contributed by atoms with Crippen molar-refractivity contribution < 1.29 is 9.90 Å². The number of rotatable bonds is 8. The minimum Gasteiger partial charge on any atom is -0.394 e. The number of amides is 1. The van der Waals surface area contributed by atoms with Crippen molar-refractivity contribution in [2.75, 3.05) is 12.4 Å². The number of hydrogen-bond donors (Lipinski definition) is 2. The minimum atomic E-state index is -0.121. The van der Waals surface area contributed by atoms with Gasteiger partial charge >= 0.3 is 0 Å². The summed E-state index contributed by atoms with van der Waals surface area (Å²) in [6.07, 6.45) is 1.29. The predicted molar refractivity (Wildman–Crippen MR) is 89.7 cm³/mol. The number of nitrogens with one attached hydrogen (secondary N) is 1. The van der Waals surface area contributed by atoms with Crippen LogP contribution < -0.4 is 5.32 Å². The highest BCUT2D eigenvalue weighted by Gasteiger charge is 2.12. The number of carbonyl (C=O) groups excluding carboxylic acids is 1. The first-order valence-electron chi connectivity index (χ1n) is 7.52. The summed E-state index contributed by atoms with van der Waals surface area (Å²) >= 11 is 1.70. The minimum absolute atomic E-state index is 0.00815. The van der Waals surface area contributed by atoms with E-state index in [4.69, 9.17) is 0 Å². The van der Waals surface area contributed by atoms with Crippen molar-refractivity contribution in [3.63, 3.8) is 0 Å². The van der Waals surface area contributed by atoms with Crippen LogP contribution in [0.25, 0.3) is 0 Å². The molecule has 2 N–H and O–H groups in total. The first kappa shape index (κ1) is 18.1. The van der Waals surface area contributed by atoms with E-state index in [1.807, 2.05) is 0 Å². The fourth-order valence-corrected chi connectivity index (χ4v) is 3.06. The van der Waals surface area contributed by atoms with Crippen LogP contribution in [-0.2, 0) is 4.79 Å². The van der Waals surface area contributed by atoms with Gasteiger partial charge in [-0.05, 0) is 49.4 Å². The number of carbonyl (C=O) groups is 1. The van der Waals surface area contributed by atoms with E-state index in [0.717, 1.165) is 12.2 Å². The lowest BCUT2D eigenvalue weighted by molar-refractivity contribution is -0.121. The molecule has 1 unspecified atom stereocenters. The monoisotopic (exact) mass is 309 g/mol. The second kappa shape index (κ2) is 9.11. The average Bonchev–Trinajstić information content (AvgIpc) is 2.41. The first-order chi connectivity index (χ1) is 9.92. The van der Waals surface area contributed by atoms with Crippen LogP contribution in [0.3, 0.4) is 0 Å². The third kappa shape index (κ3) is 7.00. The van der Waals surface area contributed by atoms with Gasteiger partial charge in [-0.3, -0.25) is 4.79 Å². The number of hydrogen-bond acceptors (Lipinski definition) is 3. The highest BCUT2D eigenvalue weighted by molar-refractivity contribution is 7.99. The molecule has 1 amide bonds. The zero-order valence-corrected chi connectivity index (χ0v) is 14.3. The molecule has 3 nitrogen and oxygen atoms in total. The van der Waals surface area contributed by atoms with Crippen molar-refractivity contribution in [1.82, 2.24) is 5.32 Å². The van der Waals surface area contributed by atoms with Crippen molar-refractivity contribution in [3.8, 4) is 0 Å². The maximum atomic E-state index is 11.9. The van der Waals surface area contributed by atoms with Crippen LogP contribution in [-0.4, -0.2) is 29.4 Å². The summed E-state index contributed by atoms with van der Waals surface area (Å²) < 4.78 is 0. The summed E-state index contributed by atoms with van der Waals surface area (Å²) in [5, 5.41) is 12.2. The number of thioether (sulfide) groups is 1. The van der Waals surface area contributed by atoms with Gasteiger partial charge in [0.2, 0.25) is 5.91 Å². The maximum absolute atomic E-state index is 11.9. The molecule has 118 valence electrons. The summed E-state index contributed by atoms with van der Waals surface area (Å²) in [6.45, 7) is 8.38. The first-order valence-corrected chi connectivity index (χ1v) is 8.51. The molecule has 4 heteroatoms. The molecule has 0 aliphatic heterocycles. The van der Waals surface area contributed by atoms with Crippen molar-refractivity contribution in [2.24, 2.45) is 5.92 Å². The summed E-state index contributed by atoms with van der Waals surface area (Å²) in [6, 6.07) is 6.25. The van der Waals surface area contributed by atoms with E-state index >= 15 is 0 Å². The van der Waals surface area contributed by atoms with Gasteiger partial charge in [0.05, 0.1) is 12.6 Å². The zero-order chi connectivity index (χ0) is 15.8. The van der Waals surface area contributed by atoms with Crippen LogP contribution in [0, 0.1) is 19.8 Å². The highest BCUT2D eigenvalue weighted by atomic mass is 32.2. The average molecular weight is 309 g/mol. The van der Waals surface area contributed by atoms with Gasteiger partial charge in [0.1, 0.15) is 0 Å². The van der Waals surface area contributed by atoms with E-state index in [0.29, 0.717) is 12.3 Å². The molecule has 1 rings (SSSR count). The third-order valence-electron chi connectivity index (χ3n) is 3.42. The molecule has 0 saturated heterocycles. The van der Waals surface area contributed by atoms with E-state index in [1.165, 1.54) is 16.0 Å².